The lowest BCUT2D eigenvalue weighted by atomic mass is 9.96. The molecule has 0 aliphatic heterocycles. The molecule has 0 aliphatic rings. The molecule has 3 heterocycles. The average Bonchev–Trinajstić information content (AvgIpc) is 3.44. The van der Waals surface area contributed by atoms with E-state index in [0.717, 1.165) is 11.1 Å². The second-order valence-corrected chi connectivity index (χ2v) is 8.35. The zero-order valence-corrected chi connectivity index (χ0v) is 17.9. The Labute approximate surface area is 180 Å². The van der Waals surface area contributed by atoms with E-state index in [9.17, 15) is 4.79 Å². The molecule has 158 valence electrons. The van der Waals surface area contributed by atoms with Crippen LogP contribution in [-0.4, -0.2) is 30.6 Å². The number of amides is 1. The molecule has 31 heavy (non-hydrogen) atoms. The Hall–Kier alpha value is -3.81. The van der Waals surface area contributed by atoms with Gasteiger partial charge in [-0.05, 0) is 24.6 Å². The normalized spacial score (nSPS) is 12.5. The molecule has 0 bridgehead atoms. The van der Waals surface area contributed by atoms with E-state index in [0.29, 0.717) is 23.2 Å². The summed E-state index contributed by atoms with van der Waals surface area (Å²) in [5.41, 5.74) is 1.87. The number of aromatic nitrogens is 5. The quantitative estimate of drug-likeness (QED) is 0.526. The molecule has 1 atom stereocenters. The molecule has 0 aliphatic carbocycles. The van der Waals surface area contributed by atoms with Gasteiger partial charge in [-0.1, -0.05) is 56.3 Å². The van der Waals surface area contributed by atoms with Crippen LogP contribution in [0.1, 0.15) is 55.6 Å². The summed E-state index contributed by atoms with van der Waals surface area (Å²) in [7, 11) is 0. The molecule has 4 rings (SSSR count). The Balaban J connectivity index is 1.52. The van der Waals surface area contributed by atoms with Crippen molar-refractivity contribution < 1.29 is 9.32 Å². The molecule has 1 aromatic carbocycles. The Morgan fingerprint density at radius 3 is 2.61 bits per heavy atom. The first kappa shape index (κ1) is 20.5. The molecule has 8 heteroatoms. The van der Waals surface area contributed by atoms with Crippen molar-refractivity contribution in [3.63, 3.8) is 0 Å². The lowest BCUT2D eigenvalue weighted by Gasteiger charge is -2.13. The van der Waals surface area contributed by atoms with Gasteiger partial charge in [-0.2, -0.15) is 4.98 Å². The first-order valence-corrected chi connectivity index (χ1v) is 10.0. The summed E-state index contributed by atoms with van der Waals surface area (Å²) in [6.45, 7) is 8.01. The Bertz CT molecular complexity index is 1190. The van der Waals surface area contributed by atoms with Gasteiger partial charge in [0.15, 0.2) is 5.82 Å². The van der Waals surface area contributed by atoms with E-state index in [2.05, 4.69) is 25.4 Å². The highest BCUT2D eigenvalue weighted by Crippen LogP contribution is 2.24. The van der Waals surface area contributed by atoms with Crippen molar-refractivity contribution in [1.82, 2.24) is 30.0 Å². The van der Waals surface area contributed by atoms with Gasteiger partial charge in [0.2, 0.25) is 0 Å². The van der Waals surface area contributed by atoms with Gasteiger partial charge in [-0.3, -0.25) is 9.36 Å². The zero-order chi connectivity index (χ0) is 22.0. The van der Waals surface area contributed by atoms with Crippen LogP contribution in [0.5, 0.6) is 0 Å². The Morgan fingerprint density at radius 1 is 1.13 bits per heavy atom. The number of rotatable bonds is 5. The monoisotopic (exact) mass is 416 g/mol. The average molecular weight is 416 g/mol. The van der Waals surface area contributed by atoms with Gasteiger partial charge in [0.1, 0.15) is 17.8 Å². The highest BCUT2D eigenvalue weighted by atomic mass is 16.5. The van der Waals surface area contributed by atoms with Crippen molar-refractivity contribution in [2.75, 3.05) is 0 Å². The number of nitrogens with one attached hydrogen (secondary N) is 1. The maximum absolute atomic E-state index is 12.6. The van der Waals surface area contributed by atoms with Crippen molar-refractivity contribution in [3.05, 3.63) is 78.3 Å². The molecule has 0 radical (unpaired) electrons. The molecular weight excluding hydrogens is 392 g/mol. The number of pyridine rings is 1. The summed E-state index contributed by atoms with van der Waals surface area (Å²) in [4.78, 5) is 25.7. The smallest absolute Gasteiger partial charge is 0.271 e. The van der Waals surface area contributed by atoms with Crippen molar-refractivity contribution in [1.29, 1.82) is 0 Å². The Kier molecular flexibility index (Phi) is 5.37. The molecule has 4 aromatic rings. The first-order valence-electron chi connectivity index (χ1n) is 10.0. The van der Waals surface area contributed by atoms with E-state index < -0.39 is 0 Å². The molecule has 0 spiro atoms. The van der Waals surface area contributed by atoms with Gasteiger partial charge < -0.3 is 9.84 Å². The van der Waals surface area contributed by atoms with Crippen LogP contribution < -0.4 is 5.32 Å². The number of imidazole rings is 1. The number of hydrogen-bond donors (Lipinski definition) is 1. The second-order valence-electron chi connectivity index (χ2n) is 8.35. The lowest BCUT2D eigenvalue weighted by Crippen LogP contribution is -2.26. The highest BCUT2D eigenvalue weighted by Gasteiger charge is 2.22. The van der Waals surface area contributed by atoms with E-state index in [4.69, 9.17) is 4.52 Å². The second kappa shape index (κ2) is 8.14. The van der Waals surface area contributed by atoms with Crippen LogP contribution in [0, 0.1) is 0 Å². The fourth-order valence-electron chi connectivity index (χ4n) is 3.00. The summed E-state index contributed by atoms with van der Waals surface area (Å²) < 4.78 is 7.11. The molecule has 1 amide bonds. The van der Waals surface area contributed by atoms with Gasteiger partial charge >= 0.3 is 0 Å². The highest BCUT2D eigenvalue weighted by molar-refractivity contribution is 5.92. The number of carbonyl (C=O) groups is 1. The van der Waals surface area contributed by atoms with Crippen molar-refractivity contribution in [2.24, 2.45) is 0 Å². The SMILES string of the molecule is C[C@H](NC(=O)c1cn(-c2cc(-c3nc(C(C)(C)C)no3)ccn2)cn1)c1ccccc1. The first-order chi connectivity index (χ1) is 14.8. The minimum Gasteiger partial charge on any atom is -0.344 e. The van der Waals surface area contributed by atoms with Crippen LogP contribution in [0.4, 0.5) is 0 Å². The van der Waals surface area contributed by atoms with E-state index in [1.165, 1.54) is 0 Å². The van der Waals surface area contributed by atoms with E-state index in [-0.39, 0.29) is 17.4 Å². The number of benzene rings is 1. The summed E-state index contributed by atoms with van der Waals surface area (Å²) in [5.74, 6) is 1.40. The van der Waals surface area contributed by atoms with Gasteiger partial charge in [-0.15, -0.1) is 0 Å². The fourth-order valence-corrected chi connectivity index (χ4v) is 3.00. The van der Waals surface area contributed by atoms with Crippen LogP contribution in [-0.2, 0) is 5.41 Å². The topological polar surface area (TPSA) is 98.7 Å². The molecule has 3 aromatic heterocycles. The molecule has 0 saturated carbocycles. The number of carbonyl (C=O) groups excluding carboxylic acids is 1. The van der Waals surface area contributed by atoms with Crippen LogP contribution in [0.25, 0.3) is 17.3 Å². The van der Waals surface area contributed by atoms with Gasteiger partial charge in [0, 0.05) is 23.4 Å². The lowest BCUT2D eigenvalue weighted by molar-refractivity contribution is 0.0935. The van der Waals surface area contributed by atoms with Crippen molar-refractivity contribution in [2.45, 2.75) is 39.2 Å². The molecule has 0 unspecified atom stereocenters. The third-order valence-electron chi connectivity index (χ3n) is 4.82. The summed E-state index contributed by atoms with van der Waals surface area (Å²) in [5, 5.41) is 7.03. The van der Waals surface area contributed by atoms with Crippen LogP contribution in [0.3, 0.4) is 0 Å². The van der Waals surface area contributed by atoms with Gasteiger partial charge in [-0.25, -0.2) is 9.97 Å². The van der Waals surface area contributed by atoms with E-state index in [1.54, 1.807) is 29.4 Å². The summed E-state index contributed by atoms with van der Waals surface area (Å²) >= 11 is 0. The van der Waals surface area contributed by atoms with E-state index >= 15 is 0 Å². The predicted molar refractivity (Wildman–Crippen MR) is 116 cm³/mol. The van der Waals surface area contributed by atoms with Gasteiger partial charge in [0.25, 0.3) is 11.8 Å². The molecule has 0 fully saturated rings. The third-order valence-corrected chi connectivity index (χ3v) is 4.82. The Morgan fingerprint density at radius 2 is 1.90 bits per heavy atom. The third kappa shape index (κ3) is 4.53. The van der Waals surface area contributed by atoms with Crippen LogP contribution >= 0.6 is 0 Å². The largest absolute Gasteiger partial charge is 0.344 e. The van der Waals surface area contributed by atoms with Gasteiger partial charge in [0.05, 0.1) is 6.04 Å². The molecule has 8 nitrogen and oxygen atoms in total. The minimum atomic E-state index is -0.252. The maximum atomic E-state index is 12.6. The summed E-state index contributed by atoms with van der Waals surface area (Å²) in [6.07, 6.45) is 4.86. The predicted octanol–water partition coefficient (Wildman–Crippen LogP) is 4.11. The zero-order valence-electron chi connectivity index (χ0n) is 17.9. The maximum Gasteiger partial charge on any atom is 0.271 e. The van der Waals surface area contributed by atoms with E-state index in [1.807, 2.05) is 64.1 Å². The molecule has 0 saturated heterocycles. The standard InChI is InChI=1S/C23H24N6O2/c1-15(16-8-6-5-7-9-16)26-20(30)18-13-29(14-25-18)19-12-17(10-11-24-19)21-27-22(28-31-21)23(2,3)4/h5-15H,1-4H3,(H,26,30)/t15-/m0/s1. The van der Waals surface area contributed by atoms with Crippen LogP contribution in [0.2, 0.25) is 0 Å². The minimum absolute atomic E-state index is 0.130. The fraction of sp³-hybridized carbons (Fsp3) is 0.261. The number of nitrogens with zero attached hydrogens (tertiary/aromatic N) is 5. The van der Waals surface area contributed by atoms with Crippen molar-refractivity contribution in [3.8, 4) is 17.3 Å². The summed E-state index contributed by atoms with van der Waals surface area (Å²) in [6, 6.07) is 13.3. The van der Waals surface area contributed by atoms with Crippen LogP contribution in [0.15, 0.2) is 65.7 Å². The number of hydrogen-bond acceptors (Lipinski definition) is 6. The molecule has 1 N–H and O–H groups in total. The van der Waals surface area contributed by atoms with Crippen molar-refractivity contribution >= 4 is 5.91 Å². The molecular formula is C23H24N6O2.